The normalized spacial score (nSPS) is 12.6. The van der Waals surface area contributed by atoms with Gasteiger partial charge in [-0.05, 0) is 52.0 Å². The van der Waals surface area contributed by atoms with Gasteiger partial charge < -0.3 is 5.32 Å². The lowest BCUT2D eigenvalue weighted by Gasteiger charge is -2.13. The molecule has 1 N–H and O–H groups in total. The van der Waals surface area contributed by atoms with Gasteiger partial charge >= 0.3 is 0 Å². The maximum absolute atomic E-state index is 3.57. The van der Waals surface area contributed by atoms with Gasteiger partial charge in [0.2, 0.25) is 0 Å². The third-order valence-corrected chi connectivity index (χ3v) is 5.15. The molecule has 0 amide bonds. The number of hydrogen-bond donors (Lipinski definition) is 1. The average molecular weight is 375 g/mol. The van der Waals surface area contributed by atoms with Crippen molar-refractivity contribution in [2.45, 2.75) is 19.5 Å². The molecule has 2 aromatic rings. The van der Waals surface area contributed by atoms with Crippen molar-refractivity contribution in [2.75, 3.05) is 0 Å². The minimum absolute atomic E-state index is 0.369. The van der Waals surface area contributed by atoms with Gasteiger partial charge in [-0.1, -0.05) is 28.1 Å². The van der Waals surface area contributed by atoms with E-state index in [0.717, 1.165) is 11.0 Å². The van der Waals surface area contributed by atoms with Crippen LogP contribution < -0.4 is 5.32 Å². The third-order valence-electron chi connectivity index (χ3n) is 2.56. The minimum Gasteiger partial charge on any atom is -0.305 e. The smallest absolute Gasteiger partial charge is 0.0400 e. The van der Waals surface area contributed by atoms with Crippen LogP contribution in [0, 0.1) is 0 Å². The van der Waals surface area contributed by atoms with Gasteiger partial charge in [0, 0.05) is 26.4 Å². The van der Waals surface area contributed by atoms with Gasteiger partial charge in [0.25, 0.3) is 0 Å². The highest BCUT2D eigenvalue weighted by Gasteiger charge is 2.09. The molecular formula is C13H13Br2NS. The summed E-state index contributed by atoms with van der Waals surface area (Å²) in [5, 5.41) is 5.64. The molecular weight excluding hydrogens is 362 g/mol. The predicted molar refractivity (Wildman–Crippen MR) is 81.4 cm³/mol. The van der Waals surface area contributed by atoms with Crippen LogP contribution in [-0.4, -0.2) is 0 Å². The van der Waals surface area contributed by atoms with E-state index in [2.05, 4.69) is 79.8 Å². The van der Waals surface area contributed by atoms with E-state index >= 15 is 0 Å². The molecule has 1 aromatic carbocycles. The molecule has 0 bridgehead atoms. The standard InChI is InChI=1S/C13H13Br2NS/c1-9(13-12(15)6-7-17-13)16-8-10-2-4-11(14)5-3-10/h2-7,9,16H,8H2,1H3. The van der Waals surface area contributed by atoms with E-state index in [1.54, 1.807) is 11.3 Å². The summed E-state index contributed by atoms with van der Waals surface area (Å²) in [7, 11) is 0. The number of nitrogens with one attached hydrogen (secondary N) is 1. The van der Waals surface area contributed by atoms with E-state index in [1.165, 1.54) is 14.9 Å². The molecule has 1 nitrogen and oxygen atoms in total. The van der Waals surface area contributed by atoms with Crippen molar-refractivity contribution in [3.05, 3.63) is 55.1 Å². The summed E-state index contributed by atoms with van der Waals surface area (Å²) in [5.41, 5.74) is 1.30. The van der Waals surface area contributed by atoms with Gasteiger partial charge in [-0.2, -0.15) is 0 Å². The van der Waals surface area contributed by atoms with Crippen LogP contribution in [0.4, 0.5) is 0 Å². The molecule has 0 saturated heterocycles. The van der Waals surface area contributed by atoms with Crippen LogP contribution in [0.3, 0.4) is 0 Å². The van der Waals surface area contributed by atoms with Crippen molar-refractivity contribution in [1.29, 1.82) is 0 Å². The van der Waals surface area contributed by atoms with E-state index in [-0.39, 0.29) is 0 Å². The topological polar surface area (TPSA) is 12.0 Å². The molecule has 0 fully saturated rings. The molecule has 0 spiro atoms. The Morgan fingerprint density at radius 1 is 1.18 bits per heavy atom. The third kappa shape index (κ3) is 3.65. The van der Waals surface area contributed by atoms with Crippen LogP contribution in [0.2, 0.25) is 0 Å². The van der Waals surface area contributed by atoms with Crippen molar-refractivity contribution in [1.82, 2.24) is 5.32 Å². The summed E-state index contributed by atoms with van der Waals surface area (Å²) in [5.74, 6) is 0. The predicted octanol–water partition coefficient (Wildman–Crippen LogP) is 5.12. The first-order chi connectivity index (χ1) is 8.16. The van der Waals surface area contributed by atoms with Gasteiger partial charge in [-0.25, -0.2) is 0 Å². The van der Waals surface area contributed by atoms with E-state index in [9.17, 15) is 0 Å². The zero-order valence-corrected chi connectivity index (χ0v) is 13.4. The highest BCUT2D eigenvalue weighted by molar-refractivity contribution is 9.10. The SMILES string of the molecule is CC(NCc1ccc(Br)cc1)c1sccc1Br. The number of thiophene rings is 1. The average Bonchev–Trinajstić information content (AvgIpc) is 2.74. The maximum atomic E-state index is 3.57. The fraction of sp³-hybridized carbons (Fsp3) is 0.231. The molecule has 1 aromatic heterocycles. The van der Waals surface area contributed by atoms with Crippen LogP contribution in [0.15, 0.2) is 44.7 Å². The fourth-order valence-corrected chi connectivity index (χ4v) is 3.59. The highest BCUT2D eigenvalue weighted by Crippen LogP contribution is 2.28. The molecule has 2 rings (SSSR count). The zero-order chi connectivity index (χ0) is 12.3. The summed E-state index contributed by atoms with van der Waals surface area (Å²) < 4.78 is 2.31. The van der Waals surface area contributed by atoms with Crippen molar-refractivity contribution >= 4 is 43.2 Å². The Hall–Kier alpha value is -0.160. The highest BCUT2D eigenvalue weighted by atomic mass is 79.9. The van der Waals surface area contributed by atoms with E-state index < -0.39 is 0 Å². The van der Waals surface area contributed by atoms with Crippen molar-refractivity contribution < 1.29 is 0 Å². The van der Waals surface area contributed by atoms with Crippen LogP contribution in [0.1, 0.15) is 23.4 Å². The first kappa shape index (κ1) is 13.3. The Bertz CT molecular complexity index is 478. The lowest BCUT2D eigenvalue weighted by atomic mass is 10.2. The van der Waals surface area contributed by atoms with Crippen LogP contribution in [0.5, 0.6) is 0 Å². The molecule has 0 saturated carbocycles. The van der Waals surface area contributed by atoms with Crippen LogP contribution >= 0.6 is 43.2 Å². The Morgan fingerprint density at radius 3 is 2.47 bits per heavy atom. The summed E-state index contributed by atoms with van der Waals surface area (Å²) in [6.45, 7) is 3.08. The molecule has 90 valence electrons. The minimum atomic E-state index is 0.369. The van der Waals surface area contributed by atoms with Gasteiger partial charge in [0.05, 0.1) is 0 Å². The van der Waals surface area contributed by atoms with E-state index in [4.69, 9.17) is 0 Å². The molecule has 0 aliphatic heterocycles. The number of rotatable bonds is 4. The van der Waals surface area contributed by atoms with Gasteiger partial charge in [0.15, 0.2) is 0 Å². The number of benzene rings is 1. The molecule has 0 radical (unpaired) electrons. The Labute approximate surface area is 123 Å². The second kappa shape index (κ2) is 6.14. The molecule has 1 unspecified atom stereocenters. The van der Waals surface area contributed by atoms with Gasteiger partial charge in [0.1, 0.15) is 0 Å². The van der Waals surface area contributed by atoms with E-state index in [1.807, 2.05) is 0 Å². The Morgan fingerprint density at radius 2 is 1.88 bits per heavy atom. The summed E-state index contributed by atoms with van der Waals surface area (Å²) >= 11 is 8.79. The maximum Gasteiger partial charge on any atom is 0.0400 e. The second-order valence-corrected chi connectivity index (χ2v) is 6.58. The molecule has 0 aliphatic carbocycles. The first-order valence-corrected chi connectivity index (χ1v) is 7.84. The summed E-state index contributed by atoms with van der Waals surface area (Å²) in [4.78, 5) is 1.35. The second-order valence-electron chi connectivity index (χ2n) is 3.86. The van der Waals surface area contributed by atoms with Gasteiger partial charge in [-0.3, -0.25) is 0 Å². The van der Waals surface area contributed by atoms with Crippen LogP contribution in [-0.2, 0) is 6.54 Å². The summed E-state index contributed by atoms with van der Waals surface area (Å²) in [6.07, 6.45) is 0. The molecule has 1 atom stereocenters. The lowest BCUT2D eigenvalue weighted by Crippen LogP contribution is -2.17. The Kier molecular flexibility index (Phi) is 4.79. The Balaban J connectivity index is 1.94. The number of hydrogen-bond acceptors (Lipinski definition) is 2. The molecule has 0 aliphatic rings. The van der Waals surface area contributed by atoms with Crippen LogP contribution in [0.25, 0.3) is 0 Å². The van der Waals surface area contributed by atoms with Gasteiger partial charge in [-0.15, -0.1) is 11.3 Å². The summed E-state index contributed by atoms with van der Waals surface area (Å²) in [6, 6.07) is 10.9. The lowest BCUT2D eigenvalue weighted by molar-refractivity contribution is 0.581. The molecule has 4 heteroatoms. The van der Waals surface area contributed by atoms with Crippen molar-refractivity contribution in [3.63, 3.8) is 0 Å². The quantitative estimate of drug-likeness (QED) is 0.782. The number of halogens is 2. The largest absolute Gasteiger partial charge is 0.305 e. The van der Waals surface area contributed by atoms with Crippen molar-refractivity contribution in [3.8, 4) is 0 Å². The van der Waals surface area contributed by atoms with E-state index in [0.29, 0.717) is 6.04 Å². The molecule has 17 heavy (non-hydrogen) atoms. The monoisotopic (exact) mass is 373 g/mol. The first-order valence-electron chi connectivity index (χ1n) is 5.37. The van der Waals surface area contributed by atoms with Crippen molar-refractivity contribution in [2.24, 2.45) is 0 Å². The zero-order valence-electron chi connectivity index (χ0n) is 9.41. The fourth-order valence-electron chi connectivity index (χ4n) is 1.58. The molecule has 1 heterocycles.